The van der Waals surface area contributed by atoms with Gasteiger partial charge >= 0.3 is 0 Å². The van der Waals surface area contributed by atoms with Crippen molar-refractivity contribution in [1.82, 2.24) is 10.2 Å². The van der Waals surface area contributed by atoms with Crippen LogP contribution in [0.1, 0.15) is 25.1 Å². The van der Waals surface area contributed by atoms with Crippen molar-refractivity contribution in [2.45, 2.75) is 32.4 Å². The number of nitrogens with one attached hydrogen (secondary N) is 1. The first-order valence-electron chi connectivity index (χ1n) is 6.55. The van der Waals surface area contributed by atoms with Crippen LogP contribution in [-0.4, -0.2) is 35.3 Å². The lowest BCUT2D eigenvalue weighted by atomic mass is 10.1. The van der Waals surface area contributed by atoms with E-state index in [1.54, 1.807) is 17.0 Å². The number of piperazine rings is 1. The van der Waals surface area contributed by atoms with Crippen LogP contribution in [0, 0.1) is 0 Å². The van der Waals surface area contributed by atoms with Gasteiger partial charge in [-0.3, -0.25) is 9.59 Å². The van der Waals surface area contributed by atoms with Crippen molar-refractivity contribution in [2.24, 2.45) is 0 Å². The molecule has 4 nitrogen and oxygen atoms in total. The molecule has 20 heavy (non-hydrogen) atoms. The van der Waals surface area contributed by atoms with Gasteiger partial charge in [0.25, 0.3) is 0 Å². The van der Waals surface area contributed by atoms with Crippen LogP contribution in [0.2, 0.25) is 4.34 Å². The van der Waals surface area contributed by atoms with E-state index in [2.05, 4.69) is 5.32 Å². The molecule has 0 aromatic carbocycles. The number of amides is 2. The lowest BCUT2D eigenvalue weighted by Crippen LogP contribution is -2.60. The van der Waals surface area contributed by atoms with Gasteiger partial charge in [-0.05, 0) is 31.6 Å². The molecule has 1 aliphatic heterocycles. The van der Waals surface area contributed by atoms with Crippen LogP contribution in [0.3, 0.4) is 0 Å². The number of carbonyl (C=O) groups excluding carboxylic acids is 2. The molecule has 2 rings (SSSR count). The number of nitrogens with zero attached hydrogens (tertiary/aromatic N) is 1. The Hall–Kier alpha value is -1.33. The Morgan fingerprint density at radius 3 is 2.95 bits per heavy atom. The molecule has 0 spiro atoms. The van der Waals surface area contributed by atoms with E-state index < -0.39 is 0 Å². The van der Waals surface area contributed by atoms with Gasteiger partial charge in [0.05, 0.1) is 4.34 Å². The highest BCUT2D eigenvalue weighted by Gasteiger charge is 2.33. The van der Waals surface area contributed by atoms with E-state index in [1.807, 2.05) is 19.9 Å². The number of rotatable bonds is 3. The lowest BCUT2D eigenvalue weighted by Gasteiger charge is -2.37. The van der Waals surface area contributed by atoms with Crippen LogP contribution >= 0.6 is 22.9 Å². The molecule has 2 atom stereocenters. The summed E-state index contributed by atoms with van der Waals surface area (Å²) in [7, 11) is 0. The van der Waals surface area contributed by atoms with Crippen molar-refractivity contribution in [3.8, 4) is 0 Å². The molecule has 1 saturated heterocycles. The van der Waals surface area contributed by atoms with Gasteiger partial charge in [0, 0.05) is 23.5 Å². The lowest BCUT2D eigenvalue weighted by molar-refractivity contribution is -0.141. The fraction of sp³-hybridized carbons (Fsp3) is 0.429. The second kappa shape index (κ2) is 6.41. The van der Waals surface area contributed by atoms with Gasteiger partial charge in [0.15, 0.2) is 0 Å². The van der Waals surface area contributed by atoms with Crippen molar-refractivity contribution in [3.63, 3.8) is 0 Å². The molecule has 0 bridgehead atoms. The third-order valence-electron chi connectivity index (χ3n) is 3.19. The topological polar surface area (TPSA) is 49.4 Å². The quantitative estimate of drug-likeness (QED) is 0.872. The number of thiophene rings is 1. The summed E-state index contributed by atoms with van der Waals surface area (Å²) < 4.78 is 0.689. The summed E-state index contributed by atoms with van der Waals surface area (Å²) in [6, 6.07) is 3.26. The van der Waals surface area contributed by atoms with Gasteiger partial charge in [0.2, 0.25) is 11.8 Å². The van der Waals surface area contributed by atoms with Crippen LogP contribution < -0.4 is 5.32 Å². The van der Waals surface area contributed by atoms with Gasteiger partial charge in [0.1, 0.15) is 6.04 Å². The normalized spacial score (nSPS) is 23.1. The first-order chi connectivity index (χ1) is 9.51. The van der Waals surface area contributed by atoms with E-state index in [0.717, 1.165) is 4.88 Å². The van der Waals surface area contributed by atoms with Gasteiger partial charge in [-0.25, -0.2) is 0 Å². The first-order valence-corrected chi connectivity index (χ1v) is 7.75. The Labute approximate surface area is 127 Å². The summed E-state index contributed by atoms with van der Waals surface area (Å²) in [4.78, 5) is 26.7. The molecule has 2 amide bonds. The zero-order chi connectivity index (χ0) is 14.7. The van der Waals surface area contributed by atoms with E-state index in [1.165, 1.54) is 17.4 Å². The van der Waals surface area contributed by atoms with Gasteiger partial charge < -0.3 is 10.2 Å². The summed E-state index contributed by atoms with van der Waals surface area (Å²) in [5.41, 5.74) is 0. The predicted octanol–water partition coefficient (Wildman–Crippen LogP) is 2.54. The maximum Gasteiger partial charge on any atom is 0.247 e. The Kier molecular flexibility index (Phi) is 4.83. The number of hydrogen-bond acceptors (Lipinski definition) is 3. The highest BCUT2D eigenvalue weighted by atomic mass is 35.5. The van der Waals surface area contributed by atoms with Crippen molar-refractivity contribution in [1.29, 1.82) is 0 Å². The minimum absolute atomic E-state index is 0.0150. The van der Waals surface area contributed by atoms with Crippen LogP contribution in [0.25, 0.3) is 6.08 Å². The standard InChI is InChI=1S/C14H17ClN2O2S/c1-3-11-14(19)16-9(2)8-17(11)13(18)7-5-10-4-6-12(15)20-10/h4-7,9,11H,3,8H2,1-2H3,(H,16,19)/t9?,11-/m0/s1. The molecule has 0 saturated carbocycles. The van der Waals surface area contributed by atoms with Crippen molar-refractivity contribution in [3.05, 3.63) is 27.4 Å². The molecule has 2 heterocycles. The maximum absolute atomic E-state index is 12.3. The second-order valence-corrected chi connectivity index (χ2v) is 6.55. The molecule has 1 aliphatic rings. The summed E-state index contributed by atoms with van der Waals surface area (Å²) >= 11 is 7.26. The molecular weight excluding hydrogens is 296 g/mol. The Bertz CT molecular complexity index is 541. The van der Waals surface area contributed by atoms with E-state index in [4.69, 9.17) is 11.6 Å². The van der Waals surface area contributed by atoms with Gasteiger partial charge in [-0.2, -0.15) is 0 Å². The van der Waals surface area contributed by atoms with E-state index in [0.29, 0.717) is 17.3 Å². The molecule has 0 aliphatic carbocycles. The molecule has 0 radical (unpaired) electrons. The molecule has 1 aromatic rings. The average molecular weight is 313 g/mol. The maximum atomic E-state index is 12.3. The number of carbonyl (C=O) groups is 2. The first kappa shape index (κ1) is 15.1. The molecule has 1 fully saturated rings. The monoisotopic (exact) mass is 312 g/mol. The van der Waals surface area contributed by atoms with E-state index in [-0.39, 0.29) is 23.9 Å². The van der Waals surface area contributed by atoms with Crippen molar-refractivity contribution >= 4 is 40.8 Å². The fourth-order valence-electron chi connectivity index (χ4n) is 2.26. The summed E-state index contributed by atoms with van der Waals surface area (Å²) in [5, 5.41) is 2.87. The summed E-state index contributed by atoms with van der Waals surface area (Å²) in [6.45, 7) is 4.34. The van der Waals surface area contributed by atoms with Crippen molar-refractivity contribution in [2.75, 3.05) is 6.54 Å². The number of hydrogen-bond donors (Lipinski definition) is 1. The molecule has 1 aromatic heterocycles. The smallest absolute Gasteiger partial charge is 0.247 e. The molecule has 108 valence electrons. The minimum Gasteiger partial charge on any atom is -0.350 e. The summed E-state index contributed by atoms with van der Waals surface area (Å²) in [5.74, 6) is -0.213. The predicted molar refractivity (Wildman–Crippen MR) is 81.8 cm³/mol. The highest BCUT2D eigenvalue weighted by Crippen LogP contribution is 2.22. The average Bonchev–Trinajstić information content (AvgIpc) is 2.81. The highest BCUT2D eigenvalue weighted by molar-refractivity contribution is 7.17. The van der Waals surface area contributed by atoms with Crippen LogP contribution in [-0.2, 0) is 9.59 Å². The Morgan fingerprint density at radius 2 is 2.35 bits per heavy atom. The van der Waals surface area contributed by atoms with Crippen molar-refractivity contribution < 1.29 is 9.59 Å². The molecule has 1 N–H and O–H groups in total. The van der Waals surface area contributed by atoms with Gasteiger partial charge in [-0.15, -0.1) is 11.3 Å². The third-order valence-corrected chi connectivity index (χ3v) is 4.39. The summed E-state index contributed by atoms with van der Waals surface area (Å²) in [6.07, 6.45) is 3.86. The van der Waals surface area contributed by atoms with Crippen LogP contribution in [0.15, 0.2) is 18.2 Å². The van der Waals surface area contributed by atoms with Gasteiger partial charge in [-0.1, -0.05) is 18.5 Å². The van der Waals surface area contributed by atoms with E-state index in [9.17, 15) is 9.59 Å². The largest absolute Gasteiger partial charge is 0.350 e. The molecule has 6 heteroatoms. The van der Waals surface area contributed by atoms with Crippen LogP contribution in [0.5, 0.6) is 0 Å². The number of halogens is 1. The zero-order valence-electron chi connectivity index (χ0n) is 11.4. The van der Waals surface area contributed by atoms with E-state index >= 15 is 0 Å². The zero-order valence-corrected chi connectivity index (χ0v) is 13.0. The Morgan fingerprint density at radius 1 is 1.60 bits per heavy atom. The Balaban J connectivity index is 2.10. The molecule has 1 unspecified atom stereocenters. The van der Waals surface area contributed by atoms with Crippen LogP contribution in [0.4, 0.5) is 0 Å². The third kappa shape index (κ3) is 3.41. The molecular formula is C14H17ClN2O2S. The minimum atomic E-state index is -0.379. The SMILES string of the molecule is CC[C@H]1C(=O)NC(C)CN1C(=O)C=Cc1ccc(Cl)s1. The second-order valence-electron chi connectivity index (χ2n) is 4.80. The fourth-order valence-corrected chi connectivity index (χ4v) is 3.23.